The van der Waals surface area contributed by atoms with Gasteiger partial charge in [0.2, 0.25) is 0 Å². The molecule has 0 aromatic heterocycles. The van der Waals surface area contributed by atoms with Gasteiger partial charge in [0.1, 0.15) is 24.4 Å². The van der Waals surface area contributed by atoms with Crippen molar-refractivity contribution >= 4 is 0 Å². The van der Waals surface area contributed by atoms with Gasteiger partial charge >= 0.3 is 0 Å². The molecule has 1 heterocycles. The van der Waals surface area contributed by atoms with Crippen molar-refractivity contribution in [3.05, 3.63) is 154 Å². The molecular formula is C36H39N3O5. The molecule has 6 atom stereocenters. The lowest BCUT2D eigenvalue weighted by atomic mass is 9.91. The van der Waals surface area contributed by atoms with Crippen molar-refractivity contribution in [1.82, 2.24) is 0 Å². The standard InChI is InChI=1S/C36H39N3O5/c1-27(38-39-37)33-35(42-24-30-18-10-4-11-19-30)36(43-25-31-20-12-5-13-21-31)34(41-23-29-16-8-3-9-17-29)32(44-33)26-40-22-28-14-6-2-7-15-28/h2-21,27,32-36H,22-26H2,1H3/t27-,32+,33-,34+,35-,36-/m0/s1. The molecule has 1 aliphatic heterocycles. The van der Waals surface area contributed by atoms with Crippen LogP contribution in [0.2, 0.25) is 0 Å². The fourth-order valence-corrected chi connectivity index (χ4v) is 5.36. The third-order valence-electron chi connectivity index (χ3n) is 7.63. The smallest absolute Gasteiger partial charge is 0.115 e. The average molecular weight is 594 g/mol. The van der Waals surface area contributed by atoms with Crippen molar-refractivity contribution in [2.24, 2.45) is 5.11 Å². The molecule has 0 aliphatic carbocycles. The zero-order valence-corrected chi connectivity index (χ0v) is 24.9. The quantitative estimate of drug-likeness (QED) is 0.0812. The number of azide groups is 1. The molecule has 0 radical (unpaired) electrons. The molecule has 0 unspecified atom stereocenters. The SMILES string of the molecule is C[C@H](N=[N+]=[N-])[C@@H]1O[C@H](COCc2ccccc2)[C@@H](OCc2ccccc2)[C@H](OCc2ccccc2)[C@H]1OCc1ccccc1. The molecule has 0 N–H and O–H groups in total. The van der Waals surface area contributed by atoms with Crippen LogP contribution in [0.1, 0.15) is 29.2 Å². The van der Waals surface area contributed by atoms with Gasteiger partial charge in [-0.3, -0.25) is 0 Å². The lowest BCUT2D eigenvalue weighted by Gasteiger charge is -2.47. The van der Waals surface area contributed by atoms with Crippen molar-refractivity contribution in [1.29, 1.82) is 0 Å². The summed E-state index contributed by atoms with van der Waals surface area (Å²) in [5.41, 5.74) is 13.5. The number of ether oxygens (including phenoxy) is 5. The van der Waals surface area contributed by atoms with Gasteiger partial charge in [0.25, 0.3) is 0 Å². The Bertz CT molecular complexity index is 1420. The lowest BCUT2D eigenvalue weighted by molar-refractivity contribution is -0.275. The zero-order chi connectivity index (χ0) is 30.4. The highest BCUT2D eigenvalue weighted by molar-refractivity contribution is 5.16. The van der Waals surface area contributed by atoms with Crippen LogP contribution in [-0.4, -0.2) is 43.2 Å². The average Bonchev–Trinajstić information content (AvgIpc) is 3.08. The molecule has 8 nitrogen and oxygen atoms in total. The van der Waals surface area contributed by atoms with Crippen LogP contribution in [0.15, 0.2) is 126 Å². The molecule has 1 saturated heterocycles. The van der Waals surface area contributed by atoms with E-state index in [1.54, 1.807) is 0 Å². The maximum Gasteiger partial charge on any atom is 0.115 e. The molecule has 4 aromatic rings. The van der Waals surface area contributed by atoms with E-state index in [1.807, 2.05) is 128 Å². The lowest BCUT2D eigenvalue weighted by Crippen LogP contribution is -2.63. The summed E-state index contributed by atoms with van der Waals surface area (Å²) in [6.45, 7) is 3.56. The molecule has 5 rings (SSSR count). The van der Waals surface area contributed by atoms with Crippen LogP contribution in [0.5, 0.6) is 0 Å². The van der Waals surface area contributed by atoms with Crippen LogP contribution in [0, 0.1) is 0 Å². The maximum atomic E-state index is 9.36. The van der Waals surface area contributed by atoms with Gasteiger partial charge in [0, 0.05) is 4.91 Å². The fourth-order valence-electron chi connectivity index (χ4n) is 5.36. The normalized spacial score (nSPS) is 22.2. The van der Waals surface area contributed by atoms with Crippen LogP contribution in [0.3, 0.4) is 0 Å². The van der Waals surface area contributed by atoms with E-state index in [-0.39, 0.29) is 6.61 Å². The molecule has 44 heavy (non-hydrogen) atoms. The Morgan fingerprint density at radius 1 is 0.614 bits per heavy atom. The molecular weight excluding hydrogens is 554 g/mol. The van der Waals surface area contributed by atoms with Crippen molar-refractivity contribution in [3.63, 3.8) is 0 Å². The number of rotatable bonds is 15. The Kier molecular flexibility index (Phi) is 11.9. The Morgan fingerprint density at radius 3 is 1.48 bits per heavy atom. The first-order valence-electron chi connectivity index (χ1n) is 15.0. The molecule has 0 bridgehead atoms. The number of hydrogen-bond donors (Lipinski definition) is 0. The second-order valence-corrected chi connectivity index (χ2v) is 10.9. The van der Waals surface area contributed by atoms with Crippen LogP contribution < -0.4 is 0 Å². The number of hydrogen-bond acceptors (Lipinski definition) is 6. The zero-order valence-electron chi connectivity index (χ0n) is 24.9. The summed E-state index contributed by atoms with van der Waals surface area (Å²) < 4.78 is 32.9. The second kappa shape index (κ2) is 16.7. The van der Waals surface area contributed by atoms with Crippen LogP contribution in [-0.2, 0) is 50.1 Å². The van der Waals surface area contributed by atoms with Gasteiger partial charge in [-0.2, -0.15) is 0 Å². The van der Waals surface area contributed by atoms with Gasteiger partial charge in [0.05, 0.1) is 45.2 Å². The predicted molar refractivity (Wildman–Crippen MR) is 168 cm³/mol. The Morgan fingerprint density at radius 2 is 1.02 bits per heavy atom. The minimum atomic E-state index is -0.600. The largest absolute Gasteiger partial charge is 0.374 e. The van der Waals surface area contributed by atoms with E-state index < -0.39 is 36.6 Å². The molecule has 8 heteroatoms. The van der Waals surface area contributed by atoms with Gasteiger partial charge in [-0.15, -0.1) is 0 Å². The topological polar surface area (TPSA) is 94.9 Å². The van der Waals surface area contributed by atoms with Gasteiger partial charge in [0.15, 0.2) is 0 Å². The maximum absolute atomic E-state index is 9.36. The highest BCUT2D eigenvalue weighted by Crippen LogP contribution is 2.33. The fraction of sp³-hybridized carbons (Fsp3) is 0.333. The summed E-state index contributed by atoms with van der Waals surface area (Å²) in [5, 5.41) is 4.03. The Labute approximate surface area is 259 Å². The van der Waals surface area contributed by atoms with E-state index in [1.165, 1.54) is 0 Å². The minimum absolute atomic E-state index is 0.254. The highest BCUT2D eigenvalue weighted by atomic mass is 16.6. The molecule has 0 amide bonds. The summed E-state index contributed by atoms with van der Waals surface area (Å²) in [7, 11) is 0. The molecule has 228 valence electrons. The van der Waals surface area contributed by atoms with E-state index in [4.69, 9.17) is 23.7 Å². The van der Waals surface area contributed by atoms with E-state index in [2.05, 4.69) is 10.0 Å². The minimum Gasteiger partial charge on any atom is -0.374 e. The summed E-state index contributed by atoms with van der Waals surface area (Å²) in [5.74, 6) is 0. The van der Waals surface area contributed by atoms with Gasteiger partial charge in [-0.25, -0.2) is 0 Å². The number of nitrogens with zero attached hydrogens (tertiary/aromatic N) is 3. The predicted octanol–water partition coefficient (Wildman–Crippen LogP) is 7.43. The first kappa shape index (κ1) is 31.4. The van der Waals surface area contributed by atoms with E-state index in [9.17, 15) is 5.53 Å². The summed E-state index contributed by atoms with van der Waals surface area (Å²) in [4.78, 5) is 3.09. The molecule has 0 saturated carbocycles. The van der Waals surface area contributed by atoms with Crippen LogP contribution >= 0.6 is 0 Å². The highest BCUT2D eigenvalue weighted by Gasteiger charge is 2.49. The van der Waals surface area contributed by atoms with Gasteiger partial charge < -0.3 is 23.7 Å². The first-order valence-corrected chi connectivity index (χ1v) is 15.0. The monoisotopic (exact) mass is 593 g/mol. The summed E-state index contributed by atoms with van der Waals surface area (Å²) in [6.07, 6.45) is -2.79. The summed E-state index contributed by atoms with van der Waals surface area (Å²) >= 11 is 0. The Hall–Kier alpha value is -4.01. The van der Waals surface area contributed by atoms with Gasteiger partial charge in [-0.1, -0.05) is 133 Å². The Balaban J connectivity index is 1.45. The van der Waals surface area contributed by atoms with Crippen molar-refractivity contribution in [2.75, 3.05) is 6.61 Å². The first-order chi connectivity index (χ1) is 21.7. The van der Waals surface area contributed by atoms with Crippen LogP contribution in [0.4, 0.5) is 0 Å². The number of benzene rings is 4. The third-order valence-corrected chi connectivity index (χ3v) is 7.63. The van der Waals surface area contributed by atoms with Crippen molar-refractivity contribution < 1.29 is 23.7 Å². The van der Waals surface area contributed by atoms with Gasteiger partial charge in [-0.05, 0) is 27.8 Å². The molecule has 1 fully saturated rings. The van der Waals surface area contributed by atoms with E-state index in [0.29, 0.717) is 26.4 Å². The van der Waals surface area contributed by atoms with Crippen LogP contribution in [0.25, 0.3) is 10.4 Å². The van der Waals surface area contributed by atoms with E-state index in [0.717, 1.165) is 22.3 Å². The van der Waals surface area contributed by atoms with E-state index >= 15 is 0 Å². The summed E-state index contributed by atoms with van der Waals surface area (Å²) in [6, 6.07) is 39.4. The molecule has 1 aliphatic rings. The van der Waals surface area contributed by atoms with Crippen molar-refractivity contribution in [3.8, 4) is 0 Å². The third kappa shape index (κ3) is 9.00. The van der Waals surface area contributed by atoms with Crippen molar-refractivity contribution in [2.45, 2.75) is 69.9 Å². The molecule has 4 aromatic carbocycles. The molecule has 0 spiro atoms. The second-order valence-electron chi connectivity index (χ2n) is 10.9.